The van der Waals surface area contributed by atoms with Crippen molar-refractivity contribution in [3.05, 3.63) is 94.5 Å². The maximum Gasteiger partial charge on any atom is 0.277 e. The summed E-state index contributed by atoms with van der Waals surface area (Å²) in [5, 5.41) is 10.7. The Kier molecular flexibility index (Phi) is 7.91. The lowest BCUT2D eigenvalue weighted by Gasteiger charge is -2.22. The maximum absolute atomic E-state index is 13.8. The van der Waals surface area contributed by atoms with E-state index in [4.69, 9.17) is 4.74 Å². The van der Waals surface area contributed by atoms with E-state index in [1.54, 1.807) is 31.2 Å². The number of ether oxygens (including phenoxy) is 1. The number of methoxy groups -OCH3 is 1. The number of hydrogen-bond acceptors (Lipinski definition) is 7. The molecule has 0 aliphatic rings. The van der Waals surface area contributed by atoms with Gasteiger partial charge in [-0.25, -0.2) is 12.8 Å². The molecule has 1 unspecified atom stereocenters. The number of benzene rings is 2. The first-order valence-corrected chi connectivity index (χ1v) is 13.6. The Balaban J connectivity index is 1.85. The lowest BCUT2D eigenvalue weighted by molar-refractivity contribution is 0.394. The monoisotopic (exact) mass is 537 g/mol. The van der Waals surface area contributed by atoms with Gasteiger partial charge in [-0.2, -0.15) is 4.98 Å². The molecule has 0 amide bonds. The summed E-state index contributed by atoms with van der Waals surface area (Å²) in [7, 11) is -2.95. The molecule has 0 spiro atoms. The lowest BCUT2D eigenvalue weighted by Crippen LogP contribution is -2.33. The second-order valence-corrected chi connectivity index (χ2v) is 10.7. The molecule has 2 aromatic heterocycles. The normalized spacial score (nSPS) is 12.3. The third-order valence-corrected chi connectivity index (χ3v) is 8.12. The van der Waals surface area contributed by atoms with Gasteiger partial charge in [0.2, 0.25) is 15.7 Å². The van der Waals surface area contributed by atoms with Crippen LogP contribution in [0.3, 0.4) is 0 Å². The van der Waals surface area contributed by atoms with Crippen LogP contribution in [0.4, 0.5) is 4.39 Å². The third kappa shape index (κ3) is 5.17. The van der Waals surface area contributed by atoms with Crippen LogP contribution in [0.2, 0.25) is 0 Å². The minimum Gasteiger partial charge on any atom is -0.496 e. The van der Waals surface area contributed by atoms with Crippen molar-refractivity contribution in [1.82, 2.24) is 14.5 Å². The summed E-state index contributed by atoms with van der Waals surface area (Å²) >= 11 is 0. The number of hydrogen-bond donors (Lipinski definition) is 1. The van der Waals surface area contributed by atoms with Gasteiger partial charge >= 0.3 is 0 Å². The molecule has 1 N–H and O–H groups in total. The molecule has 0 bridgehead atoms. The Bertz CT molecular complexity index is 1620. The van der Waals surface area contributed by atoms with Gasteiger partial charge in [-0.3, -0.25) is 14.3 Å². The van der Waals surface area contributed by atoms with Gasteiger partial charge in [0.25, 0.3) is 5.56 Å². The molecule has 2 heterocycles. The van der Waals surface area contributed by atoms with Crippen molar-refractivity contribution < 1.29 is 22.7 Å². The van der Waals surface area contributed by atoms with E-state index >= 15 is 0 Å². The second-order valence-electron chi connectivity index (χ2n) is 8.80. The number of pyridine rings is 1. The van der Waals surface area contributed by atoms with Crippen LogP contribution in [-0.2, 0) is 16.3 Å². The smallest absolute Gasteiger partial charge is 0.277 e. The van der Waals surface area contributed by atoms with Crippen LogP contribution in [0.1, 0.15) is 44.1 Å². The number of aromatic hydroxyl groups is 1. The quantitative estimate of drug-likeness (QED) is 0.322. The highest BCUT2D eigenvalue weighted by Crippen LogP contribution is 2.31. The highest BCUT2D eigenvalue weighted by molar-refractivity contribution is 7.91. The van der Waals surface area contributed by atoms with E-state index in [9.17, 15) is 22.7 Å². The molecule has 0 aliphatic heterocycles. The number of halogens is 1. The summed E-state index contributed by atoms with van der Waals surface area (Å²) in [6.45, 7) is 3.74. The van der Waals surface area contributed by atoms with Gasteiger partial charge in [-0.05, 0) is 43.2 Å². The van der Waals surface area contributed by atoms with E-state index in [1.807, 2.05) is 6.92 Å². The number of aromatic nitrogens is 3. The first-order valence-electron chi connectivity index (χ1n) is 12.1. The zero-order valence-electron chi connectivity index (χ0n) is 21.3. The minimum atomic E-state index is -4.47. The van der Waals surface area contributed by atoms with E-state index in [-0.39, 0.29) is 10.7 Å². The number of rotatable bonds is 9. The average molecular weight is 538 g/mol. The van der Waals surface area contributed by atoms with Crippen molar-refractivity contribution in [2.45, 2.75) is 48.9 Å². The Hall–Kier alpha value is -4.05. The molecular weight excluding hydrogens is 509 g/mol. The summed E-state index contributed by atoms with van der Waals surface area (Å²) < 4.78 is 47.6. The molecule has 0 saturated heterocycles. The lowest BCUT2D eigenvalue weighted by atomic mass is 10.1. The van der Waals surface area contributed by atoms with E-state index in [0.29, 0.717) is 35.3 Å². The Morgan fingerprint density at radius 1 is 1.08 bits per heavy atom. The fraction of sp³-hybridized carbons (Fsp3) is 0.250. The Labute approximate surface area is 220 Å². The van der Waals surface area contributed by atoms with Gasteiger partial charge in [0.05, 0.1) is 24.2 Å². The van der Waals surface area contributed by atoms with Crippen LogP contribution in [-0.4, -0.2) is 35.2 Å². The van der Waals surface area contributed by atoms with Crippen LogP contribution in [0.25, 0.3) is 11.1 Å². The van der Waals surface area contributed by atoms with E-state index in [2.05, 4.69) is 9.97 Å². The molecule has 4 rings (SSSR count). The molecule has 2 aromatic carbocycles. The number of nitrogens with zero attached hydrogens (tertiary/aromatic N) is 3. The number of aryl methyl sites for hydroxylation is 1. The first kappa shape index (κ1) is 27.0. The third-order valence-electron chi connectivity index (χ3n) is 6.33. The summed E-state index contributed by atoms with van der Waals surface area (Å²) in [5.74, 6) is -0.556. The minimum absolute atomic E-state index is 0.211. The fourth-order valence-electron chi connectivity index (χ4n) is 4.36. The van der Waals surface area contributed by atoms with Crippen molar-refractivity contribution in [2.75, 3.05) is 7.11 Å². The molecule has 8 nitrogen and oxygen atoms in total. The van der Waals surface area contributed by atoms with Crippen molar-refractivity contribution in [2.24, 2.45) is 0 Å². The summed E-state index contributed by atoms with van der Waals surface area (Å²) in [4.78, 5) is 20.8. The van der Waals surface area contributed by atoms with Gasteiger partial charge < -0.3 is 9.84 Å². The molecule has 38 heavy (non-hydrogen) atoms. The van der Waals surface area contributed by atoms with Crippen LogP contribution >= 0.6 is 0 Å². The summed E-state index contributed by atoms with van der Waals surface area (Å²) in [6.07, 6.45) is 4.39. The molecule has 4 aromatic rings. The highest BCUT2D eigenvalue weighted by Gasteiger charge is 2.31. The van der Waals surface area contributed by atoms with Crippen molar-refractivity contribution >= 4 is 9.84 Å². The molecule has 0 radical (unpaired) electrons. The standard InChI is InChI=1S/C28H28FN3O5S/c1-4-5-10-25-31-27(33)26(28(34)32(25)18(2)23-8-6-7-9-24(23)37-3)38(35,36)22-13-11-19(12-14-22)20-15-21(29)17-30-16-20/h6-9,11-18,33H,4-5,10H2,1-3H3. The number of unbranched alkanes of at least 4 members (excludes halogenated alkanes) is 1. The van der Waals surface area contributed by atoms with Crippen molar-refractivity contribution in [1.29, 1.82) is 0 Å². The van der Waals surface area contributed by atoms with Gasteiger partial charge in [0, 0.05) is 23.7 Å². The van der Waals surface area contributed by atoms with E-state index in [0.717, 1.165) is 12.6 Å². The van der Waals surface area contributed by atoms with Crippen LogP contribution in [0.5, 0.6) is 11.6 Å². The van der Waals surface area contributed by atoms with Gasteiger partial charge in [-0.1, -0.05) is 43.7 Å². The van der Waals surface area contributed by atoms with Gasteiger partial charge in [0.15, 0.2) is 4.90 Å². The molecule has 1 atom stereocenters. The van der Waals surface area contributed by atoms with E-state index < -0.39 is 38.0 Å². The van der Waals surface area contributed by atoms with Crippen molar-refractivity contribution in [3.8, 4) is 22.8 Å². The average Bonchev–Trinajstić information content (AvgIpc) is 2.91. The summed E-state index contributed by atoms with van der Waals surface area (Å²) in [5.41, 5.74) is 0.793. The first-order chi connectivity index (χ1) is 18.2. The second kappa shape index (κ2) is 11.1. The van der Waals surface area contributed by atoms with E-state index in [1.165, 1.54) is 48.2 Å². The zero-order chi connectivity index (χ0) is 27.4. The topological polar surface area (TPSA) is 111 Å². The molecule has 198 valence electrons. The molecule has 10 heteroatoms. The van der Waals surface area contributed by atoms with Crippen LogP contribution < -0.4 is 10.3 Å². The molecule has 0 aliphatic carbocycles. The molecule has 0 fully saturated rings. The number of sulfone groups is 1. The Morgan fingerprint density at radius 2 is 1.79 bits per heavy atom. The number of para-hydroxylation sites is 1. The fourth-order valence-corrected chi connectivity index (χ4v) is 5.70. The Morgan fingerprint density at radius 3 is 2.45 bits per heavy atom. The highest BCUT2D eigenvalue weighted by atomic mass is 32.2. The van der Waals surface area contributed by atoms with Crippen LogP contribution in [0, 0.1) is 5.82 Å². The SMILES string of the molecule is CCCCc1nc(O)c(S(=O)(=O)c2ccc(-c3cncc(F)c3)cc2)c(=O)n1C(C)c1ccccc1OC. The predicted octanol–water partition coefficient (Wildman–Crippen LogP) is 4.94. The maximum atomic E-state index is 13.8. The van der Waals surface area contributed by atoms with Crippen LogP contribution in [0.15, 0.2) is 81.6 Å². The zero-order valence-corrected chi connectivity index (χ0v) is 22.1. The largest absolute Gasteiger partial charge is 0.496 e. The predicted molar refractivity (Wildman–Crippen MR) is 141 cm³/mol. The molecule has 0 saturated carbocycles. The van der Waals surface area contributed by atoms with Gasteiger partial charge in [0.1, 0.15) is 17.4 Å². The van der Waals surface area contributed by atoms with Crippen molar-refractivity contribution in [3.63, 3.8) is 0 Å². The summed E-state index contributed by atoms with van der Waals surface area (Å²) in [6, 6.07) is 13.4. The molecular formula is C28H28FN3O5S. The van der Waals surface area contributed by atoms with Gasteiger partial charge in [-0.15, -0.1) is 0 Å².